The third kappa shape index (κ3) is 1.32. The second-order valence-electron chi connectivity index (χ2n) is 1.97. The molecule has 0 radical (unpaired) electrons. The Hall–Kier alpha value is -0.930. The summed E-state index contributed by atoms with van der Waals surface area (Å²) in [5.74, 6) is 0. The van der Waals surface area contributed by atoms with Crippen molar-refractivity contribution >= 4 is 0 Å². The van der Waals surface area contributed by atoms with Gasteiger partial charge < -0.3 is 0 Å². The molecule has 0 saturated heterocycles. The lowest BCUT2D eigenvalue weighted by Crippen LogP contribution is -1.81. The Kier molecular flexibility index (Phi) is 1.99. The molecule has 1 aromatic rings. The molecule has 0 aromatic carbocycles. The van der Waals surface area contributed by atoms with Gasteiger partial charge in [-0.2, -0.15) is 5.10 Å². The number of aromatic amines is 1. The number of nitrogens with one attached hydrogen (secondary N) is 1. The van der Waals surface area contributed by atoms with Gasteiger partial charge >= 0.3 is 0 Å². The topological polar surface area (TPSA) is 28.7 Å². The van der Waals surface area contributed by atoms with Crippen molar-refractivity contribution in [1.29, 1.82) is 0 Å². The Morgan fingerprint density at radius 3 is 2.70 bits per heavy atom. The number of nitrogens with zero attached hydrogens (tertiary/aromatic N) is 1. The van der Waals surface area contributed by atoms with Gasteiger partial charge in [-0.05, 0) is 12.5 Å². The van der Waals surface area contributed by atoms with Crippen molar-refractivity contribution in [3.8, 4) is 0 Å². The molecule has 0 aliphatic carbocycles. The maximum atomic E-state index is 11.8. The molecular formula is C6H8F2N2. The van der Waals surface area contributed by atoms with Crippen LogP contribution >= 0.6 is 0 Å². The van der Waals surface area contributed by atoms with E-state index < -0.39 is 6.43 Å². The molecule has 10 heavy (non-hydrogen) atoms. The molecular weight excluding hydrogens is 138 g/mol. The summed E-state index contributed by atoms with van der Waals surface area (Å²) in [6.45, 7) is 1.88. The maximum absolute atomic E-state index is 11.8. The summed E-state index contributed by atoms with van der Waals surface area (Å²) < 4.78 is 23.7. The molecule has 1 heterocycles. The number of aromatic nitrogens is 2. The smallest absolute Gasteiger partial charge is 0.282 e. The van der Waals surface area contributed by atoms with Crippen LogP contribution in [0.4, 0.5) is 8.78 Å². The monoisotopic (exact) mass is 146 g/mol. The van der Waals surface area contributed by atoms with Crippen molar-refractivity contribution in [2.45, 2.75) is 19.8 Å². The van der Waals surface area contributed by atoms with E-state index in [0.717, 1.165) is 5.69 Å². The fraction of sp³-hybridized carbons (Fsp3) is 0.500. The SMILES string of the molecule is CCc1cc(C(F)F)n[nH]1. The Balaban J connectivity index is 2.78. The largest absolute Gasteiger partial charge is 0.282 e. The second-order valence-corrected chi connectivity index (χ2v) is 1.97. The Morgan fingerprint density at radius 1 is 1.70 bits per heavy atom. The lowest BCUT2D eigenvalue weighted by molar-refractivity contribution is 0.146. The molecule has 0 aliphatic rings. The molecule has 0 unspecified atom stereocenters. The average Bonchev–Trinajstić information content (AvgIpc) is 2.34. The van der Waals surface area contributed by atoms with Crippen LogP contribution in [0.25, 0.3) is 0 Å². The fourth-order valence-electron chi connectivity index (χ4n) is 0.672. The number of rotatable bonds is 2. The van der Waals surface area contributed by atoms with Gasteiger partial charge in [0.25, 0.3) is 6.43 Å². The first-order valence-corrected chi connectivity index (χ1v) is 3.06. The van der Waals surface area contributed by atoms with Crippen molar-refractivity contribution in [2.24, 2.45) is 0 Å². The minimum Gasteiger partial charge on any atom is -0.282 e. The summed E-state index contributed by atoms with van der Waals surface area (Å²) in [6, 6.07) is 1.38. The summed E-state index contributed by atoms with van der Waals surface area (Å²) in [4.78, 5) is 0. The molecule has 56 valence electrons. The predicted molar refractivity (Wildman–Crippen MR) is 32.9 cm³/mol. The van der Waals surface area contributed by atoms with Gasteiger partial charge in [-0.3, -0.25) is 5.10 Å². The van der Waals surface area contributed by atoms with Crippen molar-refractivity contribution in [2.75, 3.05) is 0 Å². The zero-order valence-corrected chi connectivity index (χ0v) is 5.56. The van der Waals surface area contributed by atoms with Crippen LogP contribution in [0.5, 0.6) is 0 Å². The second kappa shape index (κ2) is 2.77. The molecule has 0 fully saturated rings. The van der Waals surface area contributed by atoms with Crippen molar-refractivity contribution in [1.82, 2.24) is 10.2 Å². The highest BCUT2D eigenvalue weighted by atomic mass is 19.3. The quantitative estimate of drug-likeness (QED) is 0.678. The highest BCUT2D eigenvalue weighted by Gasteiger charge is 2.09. The third-order valence-electron chi connectivity index (χ3n) is 1.26. The van der Waals surface area contributed by atoms with E-state index in [-0.39, 0.29) is 5.69 Å². The number of hydrogen-bond donors (Lipinski definition) is 1. The fourth-order valence-corrected chi connectivity index (χ4v) is 0.672. The van der Waals surface area contributed by atoms with Crippen molar-refractivity contribution in [3.63, 3.8) is 0 Å². The standard InChI is InChI=1S/C6H8F2N2/c1-2-4-3-5(6(7)8)10-9-4/h3,6H,2H2,1H3,(H,9,10). The van der Waals surface area contributed by atoms with Crippen LogP contribution in [0.1, 0.15) is 24.7 Å². The van der Waals surface area contributed by atoms with Gasteiger partial charge in [-0.15, -0.1) is 0 Å². The number of alkyl halides is 2. The highest BCUT2D eigenvalue weighted by molar-refractivity contribution is 5.08. The molecule has 4 heteroatoms. The summed E-state index contributed by atoms with van der Waals surface area (Å²) in [5.41, 5.74) is 0.576. The molecule has 0 amide bonds. The summed E-state index contributed by atoms with van der Waals surface area (Å²) in [6.07, 6.45) is -1.75. The van der Waals surface area contributed by atoms with Gasteiger partial charge in [0.05, 0.1) is 0 Å². The van der Waals surface area contributed by atoms with Gasteiger partial charge in [0, 0.05) is 5.69 Å². The van der Waals surface area contributed by atoms with E-state index >= 15 is 0 Å². The van der Waals surface area contributed by atoms with E-state index in [1.165, 1.54) is 6.07 Å². The number of halogens is 2. The lowest BCUT2D eigenvalue weighted by atomic mass is 10.3. The lowest BCUT2D eigenvalue weighted by Gasteiger charge is -1.86. The Bertz CT molecular complexity index is 207. The highest BCUT2D eigenvalue weighted by Crippen LogP contribution is 2.16. The molecule has 0 bridgehead atoms. The average molecular weight is 146 g/mol. The molecule has 2 nitrogen and oxygen atoms in total. The van der Waals surface area contributed by atoms with Gasteiger partial charge in [0.1, 0.15) is 5.69 Å². The minimum absolute atomic E-state index is 0.170. The molecule has 0 atom stereocenters. The van der Waals surface area contributed by atoms with E-state index in [2.05, 4.69) is 10.2 Å². The zero-order chi connectivity index (χ0) is 7.56. The first kappa shape index (κ1) is 7.18. The molecule has 0 aliphatic heterocycles. The van der Waals surface area contributed by atoms with Crippen molar-refractivity contribution in [3.05, 3.63) is 17.5 Å². The summed E-state index contributed by atoms with van der Waals surface area (Å²) in [7, 11) is 0. The first-order valence-electron chi connectivity index (χ1n) is 3.06. The van der Waals surface area contributed by atoms with E-state index in [1.807, 2.05) is 6.92 Å². The normalized spacial score (nSPS) is 10.8. The Morgan fingerprint density at radius 2 is 2.40 bits per heavy atom. The molecule has 0 spiro atoms. The molecule has 0 saturated carbocycles. The number of aryl methyl sites for hydroxylation is 1. The predicted octanol–water partition coefficient (Wildman–Crippen LogP) is 1.91. The molecule has 1 aromatic heterocycles. The van der Waals surface area contributed by atoms with Crippen LogP contribution in [-0.2, 0) is 6.42 Å². The van der Waals surface area contributed by atoms with E-state index in [9.17, 15) is 8.78 Å². The summed E-state index contributed by atoms with van der Waals surface area (Å²) in [5, 5.41) is 5.92. The van der Waals surface area contributed by atoms with Crippen LogP contribution in [0, 0.1) is 0 Å². The van der Waals surface area contributed by atoms with Crippen LogP contribution < -0.4 is 0 Å². The molecule has 1 N–H and O–H groups in total. The number of H-pyrrole nitrogens is 1. The Labute approximate surface area is 57.3 Å². The summed E-state index contributed by atoms with van der Waals surface area (Å²) >= 11 is 0. The zero-order valence-electron chi connectivity index (χ0n) is 5.56. The van der Waals surface area contributed by atoms with Gasteiger partial charge in [-0.1, -0.05) is 6.92 Å². The van der Waals surface area contributed by atoms with Crippen LogP contribution in [0.3, 0.4) is 0 Å². The van der Waals surface area contributed by atoms with E-state index in [1.54, 1.807) is 0 Å². The minimum atomic E-state index is -2.46. The van der Waals surface area contributed by atoms with E-state index in [4.69, 9.17) is 0 Å². The maximum Gasteiger partial charge on any atom is 0.282 e. The van der Waals surface area contributed by atoms with E-state index in [0.29, 0.717) is 6.42 Å². The molecule has 1 rings (SSSR count). The van der Waals surface area contributed by atoms with Gasteiger partial charge in [0.15, 0.2) is 0 Å². The number of hydrogen-bond acceptors (Lipinski definition) is 1. The van der Waals surface area contributed by atoms with Crippen molar-refractivity contribution < 1.29 is 8.78 Å². The first-order chi connectivity index (χ1) is 4.74. The van der Waals surface area contributed by atoms with Crippen LogP contribution in [0.15, 0.2) is 6.07 Å². The van der Waals surface area contributed by atoms with Gasteiger partial charge in [0.2, 0.25) is 0 Å². The third-order valence-corrected chi connectivity index (χ3v) is 1.26. The van der Waals surface area contributed by atoms with Crippen LogP contribution in [0.2, 0.25) is 0 Å². The van der Waals surface area contributed by atoms with Crippen LogP contribution in [-0.4, -0.2) is 10.2 Å². The van der Waals surface area contributed by atoms with Gasteiger partial charge in [-0.25, -0.2) is 8.78 Å².